The van der Waals surface area contributed by atoms with E-state index in [-0.39, 0.29) is 87.7 Å². The van der Waals surface area contributed by atoms with Gasteiger partial charge >= 0.3 is 59.1 Å². The third kappa shape index (κ3) is 7.46. The summed E-state index contributed by atoms with van der Waals surface area (Å²) in [5.74, 6) is -0.722. The van der Waals surface area contributed by atoms with E-state index in [4.69, 9.17) is 10.00 Å². The fourth-order valence-corrected chi connectivity index (χ4v) is 3.60. The van der Waals surface area contributed by atoms with Gasteiger partial charge < -0.3 is 33.9 Å². The van der Waals surface area contributed by atoms with Crippen molar-refractivity contribution in [2.45, 2.75) is 12.1 Å². The Morgan fingerprint density at radius 2 is 2.06 bits per heavy atom. The van der Waals surface area contributed by atoms with Crippen molar-refractivity contribution >= 4 is 42.2 Å². The largest absolute Gasteiger partial charge is 1.00 e. The number of imidazole rings is 1. The number of fused-ring (bicyclic) bond motifs is 1. The van der Waals surface area contributed by atoms with Gasteiger partial charge in [0.2, 0.25) is 5.91 Å². The van der Waals surface area contributed by atoms with Gasteiger partial charge in [-0.2, -0.15) is 5.26 Å². The average Bonchev–Trinajstić information content (AvgIpc) is 3.10. The number of nitrogens with zero attached hydrogens (tertiary/aromatic N) is 3. The number of aryl methyl sites for hydroxylation is 1. The van der Waals surface area contributed by atoms with Gasteiger partial charge in [-0.3, -0.25) is 4.79 Å². The summed E-state index contributed by atoms with van der Waals surface area (Å²) in [6.07, 6.45) is 1.50. The number of pyridine rings is 1. The maximum Gasteiger partial charge on any atom is 1.00 e. The summed E-state index contributed by atoms with van der Waals surface area (Å²) >= 11 is 1.13. The molecule has 0 aliphatic heterocycles. The Hall–Kier alpha value is -1.10. The van der Waals surface area contributed by atoms with Gasteiger partial charge in [0.05, 0.1) is 30.1 Å². The number of rotatable bonds is 7. The molecular formula is C17H14N5Na2O6PS. The number of phosphoric acid groups is 1. The number of hydrogen-bond donors (Lipinski definition) is 2. The summed E-state index contributed by atoms with van der Waals surface area (Å²) in [4.78, 5) is 45.4. The number of phosphoric ester groups is 1. The van der Waals surface area contributed by atoms with Crippen molar-refractivity contribution in [3.8, 4) is 17.6 Å². The number of hydrogen-bond acceptors (Lipinski definition) is 10. The Bertz CT molecular complexity index is 1210. The zero-order chi connectivity index (χ0) is 21.9. The van der Waals surface area contributed by atoms with Crippen LogP contribution in [-0.2, 0) is 9.36 Å². The summed E-state index contributed by atoms with van der Waals surface area (Å²) in [7, 11) is -4.01. The van der Waals surface area contributed by atoms with Gasteiger partial charge in [0.15, 0.2) is 16.7 Å². The zero-order valence-corrected chi connectivity index (χ0v) is 23.4. The standard InChI is InChI=1S/C17H16N5O6PS.2Na/c1-9-11(6-18)19-7-12-16(9)22-17(21-12)30-8-15(23)20-10-3-4-13(27-2)14(5-10)28-29(24,25)26;;/h3-5,7H,8H2,1-2H3,(H,20,23)(H,21,22)(H2,24,25,26);;/q;2*+1/p-2. The number of H-pyrrole nitrogens is 1. The van der Waals surface area contributed by atoms with E-state index in [1.165, 1.54) is 31.5 Å². The number of nitriles is 1. The van der Waals surface area contributed by atoms with Crippen LogP contribution in [-0.4, -0.2) is 33.7 Å². The Kier molecular flexibility index (Phi) is 11.2. The van der Waals surface area contributed by atoms with Crippen LogP contribution in [0.5, 0.6) is 11.5 Å². The van der Waals surface area contributed by atoms with Gasteiger partial charge in [0.25, 0.3) is 0 Å². The molecule has 0 atom stereocenters. The third-order valence-corrected chi connectivity index (χ3v) is 5.14. The Balaban J connectivity index is 0.00000256. The van der Waals surface area contributed by atoms with Crippen LogP contribution in [0.1, 0.15) is 11.3 Å². The number of methoxy groups -OCH3 is 1. The predicted octanol–water partition coefficient (Wildman–Crippen LogP) is -4.91. The SMILES string of the molecule is COc1ccc(NC(=O)CSc2nc3c(C)c(C#N)ncc3[nH]2)cc1OP(=O)([O-])[O-].[Na+].[Na+]. The molecule has 0 fully saturated rings. The van der Waals surface area contributed by atoms with Crippen LogP contribution in [0, 0.1) is 18.3 Å². The van der Waals surface area contributed by atoms with Gasteiger partial charge in [-0.1, -0.05) is 11.8 Å². The van der Waals surface area contributed by atoms with Crippen LogP contribution in [0.4, 0.5) is 5.69 Å². The summed E-state index contributed by atoms with van der Waals surface area (Å²) in [6, 6.07) is 5.98. The number of aromatic nitrogens is 3. The van der Waals surface area contributed by atoms with Crippen LogP contribution < -0.4 is 83.5 Å². The number of aromatic amines is 1. The van der Waals surface area contributed by atoms with Crippen molar-refractivity contribution in [1.82, 2.24) is 15.0 Å². The van der Waals surface area contributed by atoms with Gasteiger partial charge in [0, 0.05) is 17.3 Å². The van der Waals surface area contributed by atoms with Crippen molar-refractivity contribution in [2.75, 3.05) is 18.2 Å². The van der Waals surface area contributed by atoms with E-state index in [0.29, 0.717) is 21.8 Å². The van der Waals surface area contributed by atoms with Crippen LogP contribution >= 0.6 is 19.6 Å². The third-order valence-electron chi connectivity index (χ3n) is 3.85. The molecule has 11 nitrogen and oxygen atoms in total. The molecule has 32 heavy (non-hydrogen) atoms. The first-order valence-corrected chi connectivity index (χ1v) is 10.7. The molecule has 0 unspecified atom stereocenters. The molecule has 3 aromatic rings. The van der Waals surface area contributed by atoms with E-state index in [2.05, 4.69) is 24.8 Å². The van der Waals surface area contributed by atoms with Crippen molar-refractivity contribution in [3.63, 3.8) is 0 Å². The molecular weight excluding hydrogens is 479 g/mol. The molecule has 156 valence electrons. The Labute approximate surface area is 231 Å². The molecule has 0 aliphatic carbocycles. The minimum atomic E-state index is -5.29. The molecule has 0 saturated heterocycles. The maximum absolute atomic E-state index is 12.2. The Morgan fingerprint density at radius 1 is 1.34 bits per heavy atom. The minimum absolute atomic E-state index is 0. The Morgan fingerprint density at radius 3 is 2.69 bits per heavy atom. The topological polar surface area (TPSA) is 176 Å². The molecule has 0 saturated carbocycles. The zero-order valence-electron chi connectivity index (χ0n) is 17.7. The number of anilines is 1. The molecule has 2 N–H and O–H groups in total. The van der Waals surface area contributed by atoms with E-state index in [1.807, 2.05) is 6.07 Å². The first-order valence-electron chi connectivity index (χ1n) is 8.28. The van der Waals surface area contributed by atoms with Gasteiger partial charge in [-0.05, 0) is 19.1 Å². The predicted molar refractivity (Wildman–Crippen MR) is 104 cm³/mol. The van der Waals surface area contributed by atoms with Gasteiger partial charge in [0.1, 0.15) is 19.6 Å². The molecule has 0 aliphatic rings. The fraction of sp³-hybridized carbons (Fsp3) is 0.176. The summed E-state index contributed by atoms with van der Waals surface area (Å²) in [5.41, 5.74) is 2.38. The quantitative estimate of drug-likeness (QED) is 0.184. The molecule has 2 heterocycles. The van der Waals surface area contributed by atoms with E-state index in [9.17, 15) is 19.1 Å². The molecule has 1 aromatic carbocycles. The monoisotopic (exact) mass is 493 g/mol. The minimum Gasteiger partial charge on any atom is -0.780 e. The number of thioether (sulfide) groups is 1. The van der Waals surface area contributed by atoms with E-state index < -0.39 is 13.7 Å². The van der Waals surface area contributed by atoms with Crippen LogP contribution in [0.25, 0.3) is 11.0 Å². The fourth-order valence-electron chi connectivity index (χ4n) is 2.54. The maximum atomic E-state index is 12.2. The molecule has 0 spiro atoms. The number of nitrogens with one attached hydrogen (secondary N) is 2. The van der Waals surface area contributed by atoms with Gasteiger partial charge in [-0.25, -0.2) is 9.97 Å². The number of ether oxygens (including phenoxy) is 1. The number of benzene rings is 1. The van der Waals surface area contributed by atoms with Crippen molar-refractivity contribution in [2.24, 2.45) is 0 Å². The van der Waals surface area contributed by atoms with Crippen molar-refractivity contribution in [3.05, 3.63) is 35.7 Å². The normalized spacial score (nSPS) is 10.5. The molecule has 2 aromatic heterocycles. The molecule has 0 bridgehead atoms. The number of carbonyl (C=O) groups excluding carboxylic acids is 1. The number of carbonyl (C=O) groups is 1. The summed E-state index contributed by atoms with van der Waals surface area (Å²) in [6.45, 7) is 1.74. The second-order valence-electron chi connectivity index (χ2n) is 5.89. The average molecular weight is 493 g/mol. The van der Waals surface area contributed by atoms with E-state index in [1.54, 1.807) is 6.92 Å². The van der Waals surface area contributed by atoms with E-state index in [0.717, 1.165) is 11.8 Å². The van der Waals surface area contributed by atoms with Crippen LogP contribution in [0.15, 0.2) is 29.6 Å². The molecule has 1 amide bonds. The second-order valence-corrected chi connectivity index (χ2v) is 7.93. The van der Waals surface area contributed by atoms with Crippen LogP contribution in [0.2, 0.25) is 0 Å². The number of amides is 1. The molecule has 0 radical (unpaired) electrons. The second kappa shape index (κ2) is 12.4. The first-order chi connectivity index (χ1) is 14.2. The summed E-state index contributed by atoms with van der Waals surface area (Å²) < 4.78 is 20.2. The summed E-state index contributed by atoms with van der Waals surface area (Å²) in [5, 5.41) is 12.1. The van der Waals surface area contributed by atoms with Crippen LogP contribution in [0.3, 0.4) is 0 Å². The van der Waals surface area contributed by atoms with Gasteiger partial charge in [-0.15, -0.1) is 0 Å². The van der Waals surface area contributed by atoms with E-state index >= 15 is 0 Å². The molecule has 3 rings (SSSR count). The molecule has 15 heteroatoms. The van der Waals surface area contributed by atoms with Crippen molar-refractivity contribution in [1.29, 1.82) is 5.26 Å². The smallest absolute Gasteiger partial charge is 0.780 e. The first kappa shape index (κ1) is 28.9. The van der Waals surface area contributed by atoms with Crippen molar-refractivity contribution < 1.29 is 87.5 Å².